The predicted molar refractivity (Wildman–Crippen MR) is 71.0 cm³/mol. The quantitative estimate of drug-likeness (QED) is 0.792. The molecule has 0 fully saturated rings. The van der Waals surface area contributed by atoms with Crippen molar-refractivity contribution in [3.63, 3.8) is 0 Å². The molecule has 0 spiro atoms. The number of nitrogens with one attached hydrogen (secondary N) is 2. The zero-order valence-corrected chi connectivity index (χ0v) is 10.9. The number of amides is 2. The van der Waals surface area contributed by atoms with Gasteiger partial charge in [0, 0.05) is 6.54 Å². The second kappa shape index (κ2) is 7.48. The molecule has 2 N–H and O–H groups in total. The zero-order valence-electron chi connectivity index (χ0n) is 10.9. The summed E-state index contributed by atoms with van der Waals surface area (Å²) in [5.74, 6) is 0.125. The van der Waals surface area contributed by atoms with Crippen LogP contribution in [0.2, 0.25) is 0 Å². The molecule has 1 aromatic carbocycles. The van der Waals surface area contributed by atoms with E-state index >= 15 is 0 Å². The minimum Gasteiger partial charge on any atom is -0.354 e. The molecule has 0 atom stereocenters. The third-order valence-electron chi connectivity index (χ3n) is 2.36. The van der Waals surface area contributed by atoms with E-state index in [1.54, 1.807) is 0 Å². The van der Waals surface area contributed by atoms with Crippen molar-refractivity contribution in [2.45, 2.75) is 20.3 Å². The first kappa shape index (κ1) is 14.2. The minimum atomic E-state index is -0.148. The van der Waals surface area contributed by atoms with Gasteiger partial charge in [0.2, 0.25) is 11.8 Å². The fourth-order valence-corrected chi connectivity index (χ4v) is 1.40. The third-order valence-corrected chi connectivity index (χ3v) is 2.36. The molecule has 0 unspecified atom stereocenters. The third kappa shape index (κ3) is 6.03. The van der Waals surface area contributed by atoms with Gasteiger partial charge in [-0.05, 0) is 11.5 Å². The van der Waals surface area contributed by atoms with Crippen molar-refractivity contribution in [1.29, 1.82) is 0 Å². The van der Waals surface area contributed by atoms with E-state index in [0.717, 1.165) is 5.56 Å². The molecule has 18 heavy (non-hydrogen) atoms. The van der Waals surface area contributed by atoms with Crippen molar-refractivity contribution < 1.29 is 9.59 Å². The number of hydrogen-bond donors (Lipinski definition) is 2. The normalized spacial score (nSPS) is 10.2. The number of carbonyl (C=O) groups excluding carboxylic acids is 2. The summed E-state index contributed by atoms with van der Waals surface area (Å²) in [4.78, 5) is 22.9. The summed E-state index contributed by atoms with van der Waals surface area (Å²) in [6.07, 6.45) is 0.304. The summed E-state index contributed by atoms with van der Waals surface area (Å²) in [5.41, 5.74) is 0.942. The second-order valence-electron chi connectivity index (χ2n) is 4.64. The van der Waals surface area contributed by atoms with Crippen LogP contribution in [0.4, 0.5) is 0 Å². The number of benzene rings is 1. The molecule has 0 aromatic heterocycles. The lowest BCUT2D eigenvalue weighted by Crippen LogP contribution is -2.38. The number of carbonyl (C=O) groups is 2. The maximum absolute atomic E-state index is 11.6. The van der Waals surface area contributed by atoms with E-state index in [1.807, 2.05) is 44.2 Å². The molecule has 0 aliphatic rings. The molecule has 0 heterocycles. The van der Waals surface area contributed by atoms with Gasteiger partial charge < -0.3 is 10.6 Å². The Balaban J connectivity index is 2.23. The molecule has 0 bridgehead atoms. The standard InChI is InChI=1S/C14H20N2O2/c1-11(2)9-15-14(18)10-16-13(17)8-12-6-4-3-5-7-12/h3-7,11H,8-10H2,1-2H3,(H,15,18)(H,16,17). The van der Waals surface area contributed by atoms with Crippen molar-refractivity contribution in [3.8, 4) is 0 Å². The fraction of sp³-hybridized carbons (Fsp3) is 0.429. The molecular weight excluding hydrogens is 228 g/mol. The highest BCUT2D eigenvalue weighted by Crippen LogP contribution is 1.98. The Bertz CT molecular complexity index is 388. The molecule has 0 radical (unpaired) electrons. The van der Waals surface area contributed by atoms with Crippen LogP contribution >= 0.6 is 0 Å². The van der Waals surface area contributed by atoms with Crippen molar-refractivity contribution in [2.24, 2.45) is 5.92 Å². The lowest BCUT2D eigenvalue weighted by Gasteiger charge is -2.08. The van der Waals surface area contributed by atoms with Gasteiger partial charge in [-0.3, -0.25) is 9.59 Å². The number of hydrogen-bond acceptors (Lipinski definition) is 2. The average Bonchev–Trinajstić information content (AvgIpc) is 2.35. The average molecular weight is 248 g/mol. The molecule has 4 nitrogen and oxygen atoms in total. The summed E-state index contributed by atoms with van der Waals surface area (Å²) < 4.78 is 0. The largest absolute Gasteiger partial charge is 0.354 e. The van der Waals surface area contributed by atoms with Gasteiger partial charge in [-0.2, -0.15) is 0 Å². The first-order valence-corrected chi connectivity index (χ1v) is 6.15. The molecule has 1 rings (SSSR count). The van der Waals surface area contributed by atoms with Gasteiger partial charge in [-0.15, -0.1) is 0 Å². The molecule has 0 aliphatic heterocycles. The maximum Gasteiger partial charge on any atom is 0.239 e. The van der Waals surface area contributed by atoms with Crippen LogP contribution in [-0.2, 0) is 16.0 Å². The van der Waals surface area contributed by atoms with Gasteiger partial charge in [-0.25, -0.2) is 0 Å². The van der Waals surface area contributed by atoms with Crippen molar-refractivity contribution >= 4 is 11.8 Å². The van der Waals surface area contributed by atoms with Gasteiger partial charge in [0.15, 0.2) is 0 Å². The van der Waals surface area contributed by atoms with Crippen LogP contribution in [0, 0.1) is 5.92 Å². The van der Waals surface area contributed by atoms with Crippen LogP contribution in [-0.4, -0.2) is 24.9 Å². The van der Waals surface area contributed by atoms with E-state index in [9.17, 15) is 9.59 Å². The fourth-order valence-electron chi connectivity index (χ4n) is 1.40. The van der Waals surface area contributed by atoms with Gasteiger partial charge in [0.25, 0.3) is 0 Å². The van der Waals surface area contributed by atoms with E-state index in [4.69, 9.17) is 0 Å². The van der Waals surface area contributed by atoms with Crippen molar-refractivity contribution in [3.05, 3.63) is 35.9 Å². The zero-order chi connectivity index (χ0) is 13.4. The Morgan fingerprint density at radius 2 is 1.72 bits per heavy atom. The Labute approximate surface area is 108 Å². The van der Waals surface area contributed by atoms with Crippen LogP contribution in [0.5, 0.6) is 0 Å². The summed E-state index contributed by atoms with van der Waals surface area (Å²) in [6.45, 7) is 4.72. The molecule has 0 saturated carbocycles. The van der Waals surface area contributed by atoms with Gasteiger partial charge in [0.1, 0.15) is 0 Å². The lowest BCUT2D eigenvalue weighted by atomic mass is 10.1. The summed E-state index contributed by atoms with van der Waals surface area (Å²) in [7, 11) is 0. The molecule has 0 saturated heterocycles. The Morgan fingerprint density at radius 1 is 1.06 bits per heavy atom. The molecule has 98 valence electrons. The molecule has 2 amide bonds. The molecule has 1 aromatic rings. The highest BCUT2D eigenvalue weighted by molar-refractivity contribution is 5.85. The van der Waals surface area contributed by atoms with Crippen LogP contribution in [0.3, 0.4) is 0 Å². The van der Waals surface area contributed by atoms with Crippen LogP contribution in [0.15, 0.2) is 30.3 Å². The molecule has 4 heteroatoms. The minimum absolute atomic E-state index is 0.0401. The first-order valence-electron chi connectivity index (χ1n) is 6.15. The van der Waals surface area contributed by atoms with Gasteiger partial charge >= 0.3 is 0 Å². The van der Waals surface area contributed by atoms with E-state index < -0.39 is 0 Å². The first-order chi connectivity index (χ1) is 8.58. The topological polar surface area (TPSA) is 58.2 Å². The van der Waals surface area contributed by atoms with Crippen molar-refractivity contribution in [2.75, 3.05) is 13.1 Å². The Kier molecular flexibility index (Phi) is 5.91. The Morgan fingerprint density at radius 3 is 2.33 bits per heavy atom. The summed E-state index contributed by atoms with van der Waals surface area (Å²) in [5, 5.41) is 5.35. The van der Waals surface area contributed by atoms with Crippen molar-refractivity contribution in [1.82, 2.24) is 10.6 Å². The summed E-state index contributed by atoms with van der Waals surface area (Å²) >= 11 is 0. The summed E-state index contributed by atoms with van der Waals surface area (Å²) in [6, 6.07) is 9.45. The van der Waals surface area contributed by atoms with Crippen LogP contribution < -0.4 is 10.6 Å². The highest BCUT2D eigenvalue weighted by atomic mass is 16.2. The monoisotopic (exact) mass is 248 g/mol. The van der Waals surface area contributed by atoms with Crippen LogP contribution in [0.1, 0.15) is 19.4 Å². The van der Waals surface area contributed by atoms with E-state index in [0.29, 0.717) is 18.9 Å². The number of rotatable bonds is 6. The Hall–Kier alpha value is -1.84. The van der Waals surface area contributed by atoms with E-state index in [-0.39, 0.29) is 18.4 Å². The van der Waals surface area contributed by atoms with Gasteiger partial charge in [0.05, 0.1) is 13.0 Å². The molecular formula is C14H20N2O2. The second-order valence-corrected chi connectivity index (χ2v) is 4.64. The van der Waals surface area contributed by atoms with E-state index in [1.165, 1.54) is 0 Å². The SMILES string of the molecule is CC(C)CNC(=O)CNC(=O)Cc1ccccc1. The van der Waals surface area contributed by atoms with E-state index in [2.05, 4.69) is 10.6 Å². The molecule has 0 aliphatic carbocycles. The van der Waals surface area contributed by atoms with Gasteiger partial charge in [-0.1, -0.05) is 44.2 Å². The highest BCUT2D eigenvalue weighted by Gasteiger charge is 2.06. The predicted octanol–water partition coefficient (Wildman–Crippen LogP) is 1.12. The lowest BCUT2D eigenvalue weighted by molar-refractivity contribution is -0.125. The maximum atomic E-state index is 11.6. The smallest absolute Gasteiger partial charge is 0.239 e. The van der Waals surface area contributed by atoms with Crippen LogP contribution in [0.25, 0.3) is 0 Å².